The minimum atomic E-state index is -0.375. The van der Waals surface area contributed by atoms with Crippen LogP contribution in [0.4, 0.5) is 17.1 Å². The summed E-state index contributed by atoms with van der Waals surface area (Å²) in [6.45, 7) is 1.69. The van der Waals surface area contributed by atoms with Crippen molar-refractivity contribution in [1.29, 1.82) is 0 Å². The van der Waals surface area contributed by atoms with E-state index in [2.05, 4.69) is 15.5 Å². The number of ether oxygens (including phenoxy) is 1. The number of carbonyl (C=O) groups is 1. The molecule has 0 aliphatic rings. The molecule has 4 aromatic rings. The summed E-state index contributed by atoms with van der Waals surface area (Å²) in [4.78, 5) is 17.7. The fourth-order valence-corrected chi connectivity index (χ4v) is 3.48. The second kappa shape index (κ2) is 9.01. The number of pyridine rings is 1. The molecule has 2 aromatic heterocycles. The van der Waals surface area contributed by atoms with Crippen LogP contribution in [0.1, 0.15) is 16.1 Å². The molecule has 0 unspecified atom stereocenters. The van der Waals surface area contributed by atoms with Gasteiger partial charge < -0.3 is 25.3 Å². The molecule has 2 heterocycles. The van der Waals surface area contributed by atoms with E-state index in [9.17, 15) is 4.79 Å². The monoisotopic (exact) mass is 444 g/mol. The average molecular weight is 444 g/mol. The Kier molecular flexibility index (Phi) is 5.97. The molecule has 33 heavy (non-hydrogen) atoms. The van der Waals surface area contributed by atoms with E-state index in [-0.39, 0.29) is 11.8 Å². The van der Waals surface area contributed by atoms with Crippen LogP contribution in [0.25, 0.3) is 22.5 Å². The fourth-order valence-electron chi connectivity index (χ4n) is 3.48. The number of hydrazine groups is 1. The minimum absolute atomic E-state index is 0.260. The topological polar surface area (TPSA) is 133 Å². The molecule has 9 nitrogen and oxygen atoms in total. The number of aromatic nitrogens is 2. The third-order valence-electron chi connectivity index (χ3n) is 5.15. The Balaban J connectivity index is 1.65. The van der Waals surface area contributed by atoms with Gasteiger partial charge in [-0.25, -0.2) is 10.8 Å². The molecule has 2 aromatic carbocycles. The molecule has 9 heteroatoms. The van der Waals surface area contributed by atoms with Crippen LogP contribution in [0.5, 0.6) is 5.88 Å². The smallest absolute Gasteiger partial charge is 0.261 e. The molecular weight excluding hydrogens is 420 g/mol. The largest absolute Gasteiger partial charge is 0.479 e. The van der Waals surface area contributed by atoms with Crippen LogP contribution in [0.3, 0.4) is 0 Å². The SMILES string of the molecule is COc1nc(-c2ccc(N)c(N(C)N)c2)ccc1NC(=O)c1c(-c2ccccc2)noc1C. The van der Waals surface area contributed by atoms with E-state index in [4.69, 9.17) is 20.8 Å². The third kappa shape index (κ3) is 4.35. The van der Waals surface area contributed by atoms with Crippen LogP contribution >= 0.6 is 0 Å². The Bertz CT molecular complexity index is 1300. The Labute approximate surface area is 190 Å². The van der Waals surface area contributed by atoms with E-state index in [1.54, 1.807) is 32.2 Å². The maximum absolute atomic E-state index is 13.1. The zero-order valence-electron chi connectivity index (χ0n) is 18.5. The lowest BCUT2D eigenvalue weighted by Gasteiger charge is -2.16. The van der Waals surface area contributed by atoms with Gasteiger partial charge in [0.05, 0.1) is 24.2 Å². The van der Waals surface area contributed by atoms with Gasteiger partial charge in [0.2, 0.25) is 5.88 Å². The Morgan fingerprint density at radius 1 is 1.09 bits per heavy atom. The van der Waals surface area contributed by atoms with Crippen molar-refractivity contribution in [3.8, 4) is 28.4 Å². The quantitative estimate of drug-likeness (QED) is 0.232. The van der Waals surface area contributed by atoms with Gasteiger partial charge in [-0.05, 0) is 31.2 Å². The first-order valence-electron chi connectivity index (χ1n) is 10.2. The van der Waals surface area contributed by atoms with Crippen LogP contribution in [0.15, 0.2) is 65.2 Å². The molecule has 1 amide bonds. The number of hydrogen-bond acceptors (Lipinski definition) is 8. The molecule has 0 bridgehead atoms. The predicted octanol–water partition coefficient (Wildman–Crippen LogP) is 3.87. The fraction of sp³-hybridized carbons (Fsp3) is 0.125. The third-order valence-corrected chi connectivity index (χ3v) is 5.15. The minimum Gasteiger partial charge on any atom is -0.479 e. The van der Waals surface area contributed by atoms with Gasteiger partial charge in [-0.15, -0.1) is 0 Å². The first-order chi connectivity index (χ1) is 15.9. The number of methoxy groups -OCH3 is 1. The van der Waals surface area contributed by atoms with Crippen molar-refractivity contribution in [2.75, 3.05) is 30.2 Å². The van der Waals surface area contributed by atoms with Crippen LogP contribution in [-0.4, -0.2) is 30.2 Å². The van der Waals surface area contributed by atoms with Crippen LogP contribution in [0.2, 0.25) is 0 Å². The van der Waals surface area contributed by atoms with Gasteiger partial charge in [-0.3, -0.25) is 4.79 Å². The number of amides is 1. The number of nitrogen functional groups attached to an aromatic ring is 1. The number of rotatable bonds is 6. The predicted molar refractivity (Wildman–Crippen MR) is 128 cm³/mol. The highest BCUT2D eigenvalue weighted by Gasteiger charge is 2.23. The van der Waals surface area contributed by atoms with Gasteiger partial charge in [-0.2, -0.15) is 0 Å². The molecule has 5 N–H and O–H groups in total. The van der Waals surface area contributed by atoms with Crippen molar-refractivity contribution in [2.45, 2.75) is 6.92 Å². The zero-order valence-corrected chi connectivity index (χ0v) is 18.5. The maximum Gasteiger partial charge on any atom is 0.261 e. The molecule has 0 radical (unpaired) electrons. The second-order valence-corrected chi connectivity index (χ2v) is 7.42. The molecule has 168 valence electrons. The van der Waals surface area contributed by atoms with Crippen molar-refractivity contribution in [2.24, 2.45) is 5.84 Å². The molecule has 0 aliphatic carbocycles. The van der Waals surface area contributed by atoms with Crippen LogP contribution in [-0.2, 0) is 0 Å². The number of carbonyl (C=O) groups excluding carboxylic acids is 1. The number of nitrogens with one attached hydrogen (secondary N) is 1. The van der Waals surface area contributed by atoms with Crippen molar-refractivity contribution in [3.63, 3.8) is 0 Å². The summed E-state index contributed by atoms with van der Waals surface area (Å²) < 4.78 is 10.7. The van der Waals surface area contributed by atoms with E-state index < -0.39 is 0 Å². The zero-order chi connectivity index (χ0) is 23.5. The van der Waals surface area contributed by atoms with Gasteiger partial charge >= 0.3 is 0 Å². The van der Waals surface area contributed by atoms with E-state index in [1.165, 1.54) is 12.1 Å². The number of hydrogen-bond donors (Lipinski definition) is 3. The summed E-state index contributed by atoms with van der Waals surface area (Å²) in [5, 5.41) is 8.37. The van der Waals surface area contributed by atoms with Gasteiger partial charge in [-0.1, -0.05) is 41.6 Å². The summed E-state index contributed by atoms with van der Waals surface area (Å²) in [5.74, 6) is 6.15. The molecule has 0 aliphatic heterocycles. The molecule has 0 fully saturated rings. The summed E-state index contributed by atoms with van der Waals surface area (Å²) in [7, 11) is 3.20. The first-order valence-corrected chi connectivity index (χ1v) is 10.2. The van der Waals surface area contributed by atoms with Crippen LogP contribution in [0, 0.1) is 6.92 Å². The van der Waals surface area contributed by atoms with E-state index >= 15 is 0 Å². The molecule has 0 spiro atoms. The van der Waals surface area contributed by atoms with Crippen LogP contribution < -0.4 is 26.6 Å². The van der Waals surface area contributed by atoms with Gasteiger partial charge in [0.1, 0.15) is 22.7 Å². The summed E-state index contributed by atoms with van der Waals surface area (Å²) in [6.07, 6.45) is 0. The first kappa shape index (κ1) is 21.8. The van der Waals surface area contributed by atoms with Crippen molar-refractivity contribution >= 4 is 23.0 Å². The normalized spacial score (nSPS) is 10.7. The van der Waals surface area contributed by atoms with Crippen molar-refractivity contribution in [1.82, 2.24) is 10.1 Å². The molecular formula is C24H24N6O3. The highest BCUT2D eigenvalue weighted by molar-refractivity contribution is 6.09. The van der Waals surface area contributed by atoms with E-state index in [0.29, 0.717) is 39.8 Å². The van der Waals surface area contributed by atoms with Gasteiger partial charge in [0.25, 0.3) is 5.91 Å². The lowest BCUT2D eigenvalue weighted by Crippen LogP contribution is -2.26. The number of anilines is 3. The lowest BCUT2D eigenvalue weighted by molar-refractivity contribution is 0.102. The summed E-state index contributed by atoms with van der Waals surface area (Å²) >= 11 is 0. The van der Waals surface area contributed by atoms with Gasteiger partial charge in [0.15, 0.2) is 0 Å². The lowest BCUT2D eigenvalue weighted by atomic mass is 10.1. The highest BCUT2D eigenvalue weighted by atomic mass is 16.5. The summed E-state index contributed by atoms with van der Waals surface area (Å²) in [5.41, 5.74) is 10.7. The number of nitrogens with two attached hydrogens (primary N) is 2. The second-order valence-electron chi connectivity index (χ2n) is 7.42. The number of benzene rings is 2. The summed E-state index contributed by atoms with van der Waals surface area (Å²) in [6, 6.07) is 18.3. The molecule has 4 rings (SSSR count). The van der Waals surface area contributed by atoms with Gasteiger partial charge in [0, 0.05) is 18.2 Å². The Morgan fingerprint density at radius 3 is 2.55 bits per heavy atom. The van der Waals surface area contributed by atoms with Crippen molar-refractivity contribution < 1.29 is 14.1 Å². The van der Waals surface area contributed by atoms with E-state index in [0.717, 1.165) is 11.1 Å². The standard InChI is InChI=1S/C24H24N6O3/c1-14-21(22(29-33-14)15-7-5-4-6-8-15)23(31)27-19-12-11-18(28-24(19)32-3)16-9-10-17(25)20(13-16)30(2)26/h4-13H,25-26H2,1-3H3,(H,27,31). The molecule has 0 atom stereocenters. The highest BCUT2D eigenvalue weighted by Crippen LogP contribution is 2.32. The van der Waals surface area contributed by atoms with Crippen molar-refractivity contribution in [3.05, 3.63) is 72.0 Å². The van der Waals surface area contributed by atoms with E-state index in [1.807, 2.05) is 42.5 Å². The Hall–Kier alpha value is -4.37. The maximum atomic E-state index is 13.1. The number of aryl methyl sites for hydroxylation is 1. The Morgan fingerprint density at radius 2 is 1.85 bits per heavy atom. The molecule has 0 saturated heterocycles. The number of nitrogens with zero attached hydrogens (tertiary/aromatic N) is 3. The average Bonchev–Trinajstić information content (AvgIpc) is 3.21. The molecule has 0 saturated carbocycles.